The highest BCUT2D eigenvalue weighted by atomic mass is 19.4. The van der Waals surface area contributed by atoms with Crippen LogP contribution in [0.4, 0.5) is 39.5 Å². The van der Waals surface area contributed by atoms with Gasteiger partial charge >= 0.3 is 18.5 Å². The molecule has 12 rings (SSSR count). The Bertz CT molecular complexity index is 3970. The van der Waals surface area contributed by atoms with Gasteiger partial charge in [0.2, 0.25) is 0 Å². The monoisotopic (exact) mass is 965 g/mol. The molecule has 72 heavy (non-hydrogen) atoms. The topological polar surface area (TPSA) is 33.6 Å². The molecule has 0 aliphatic heterocycles. The summed E-state index contributed by atoms with van der Waals surface area (Å²) in [5.74, 6) is 0. The molecular weight excluding hydrogens is 934 g/mol. The van der Waals surface area contributed by atoms with Gasteiger partial charge in [0.1, 0.15) is 6.07 Å². The van der Waals surface area contributed by atoms with Gasteiger partial charge in [0.05, 0.1) is 55.7 Å². The number of fused-ring (bicyclic) bond motifs is 10. The fourth-order valence-corrected chi connectivity index (χ4v) is 10.6. The number of hydrogen-bond acceptors (Lipinski definition) is 1. The molecule has 12 aromatic rings. The van der Waals surface area contributed by atoms with E-state index in [0.29, 0.717) is 22.1 Å². The third-order valence-electron chi connectivity index (χ3n) is 13.6. The van der Waals surface area contributed by atoms with Crippen molar-refractivity contribution in [1.82, 2.24) is 9.13 Å². The number of aromatic nitrogens is 2. The average Bonchev–Trinajstić information content (AvgIpc) is 3.90. The summed E-state index contributed by atoms with van der Waals surface area (Å²) in [4.78, 5) is 0. The fraction of sp³-hybridized carbons (Fsp3) is 0.0500. The number of rotatable bonds is 5. The zero-order chi connectivity index (χ0) is 49.8. The van der Waals surface area contributed by atoms with Crippen LogP contribution in [0.3, 0.4) is 0 Å². The molecule has 350 valence electrons. The lowest BCUT2D eigenvalue weighted by Crippen LogP contribution is -2.11. The lowest BCUT2D eigenvalue weighted by Gasteiger charge is -2.28. The van der Waals surface area contributed by atoms with E-state index in [4.69, 9.17) is 0 Å². The van der Waals surface area contributed by atoms with Crippen LogP contribution in [-0.2, 0) is 18.5 Å². The summed E-state index contributed by atoms with van der Waals surface area (Å²) in [6.45, 7) is 0. The van der Waals surface area contributed by atoms with Gasteiger partial charge in [0.15, 0.2) is 0 Å². The van der Waals surface area contributed by atoms with Crippen LogP contribution in [0.5, 0.6) is 0 Å². The van der Waals surface area contributed by atoms with E-state index in [1.807, 2.05) is 130 Å². The Hall–Kier alpha value is -8.82. The first kappa shape index (κ1) is 44.4. The largest absolute Gasteiger partial charge is 0.416 e. The summed E-state index contributed by atoms with van der Waals surface area (Å²) in [5.41, 5.74) is 0.673. The summed E-state index contributed by atoms with van der Waals surface area (Å²) < 4.78 is 134. The molecule has 10 aromatic carbocycles. The van der Waals surface area contributed by atoms with Crippen molar-refractivity contribution in [2.24, 2.45) is 0 Å². The molecule has 12 heteroatoms. The Kier molecular flexibility index (Phi) is 9.94. The Morgan fingerprint density at radius 1 is 0.319 bits per heavy atom. The molecule has 3 nitrogen and oxygen atoms in total. The quantitative estimate of drug-likeness (QED) is 0.158. The number of nitriles is 1. The SMILES string of the molecule is N#Cc1c(-c2ccc(C(F)(F)F)cc2)c(-n2c3ccccc3c3c4ccccc4ccc32)c(-c2ccc(C(F)(F)F)cc2)c(-n2c3ccccc3c3c4ccccc4ccc32)c1-c1ccc(C(F)(F)F)cc1. The van der Waals surface area contributed by atoms with Crippen LogP contribution in [0.1, 0.15) is 22.3 Å². The van der Waals surface area contributed by atoms with Crippen LogP contribution in [0.2, 0.25) is 0 Å². The standard InChI is InChI=1S/C60H32F9N3/c61-58(62,63)39-25-17-36(18-26-39)51-46(33-70)52(37-19-27-40(28-20-37)59(64,65)66)57(72-48-16-8-6-14-45(48)55-43-12-4-2-10-35(43)24-32-50(55)72)53(38-21-29-41(30-22-38)60(67,68)69)56(51)71-47-15-7-5-13-44(47)54-42-11-3-1-9-34(42)23-31-49(54)71/h1-32H. The van der Waals surface area contributed by atoms with Crippen LogP contribution >= 0.6 is 0 Å². The van der Waals surface area contributed by atoms with Crippen LogP contribution < -0.4 is 0 Å². The second-order valence-corrected chi connectivity index (χ2v) is 17.6. The fourth-order valence-electron chi connectivity index (χ4n) is 10.6. The van der Waals surface area contributed by atoms with E-state index in [1.54, 1.807) is 0 Å². The van der Waals surface area contributed by atoms with Gasteiger partial charge in [-0.15, -0.1) is 0 Å². The van der Waals surface area contributed by atoms with Crippen molar-refractivity contribution in [2.75, 3.05) is 0 Å². The molecule has 0 atom stereocenters. The summed E-state index contributed by atoms with van der Waals surface area (Å²) in [6, 6.07) is 53.4. The molecule has 0 amide bonds. The van der Waals surface area contributed by atoms with E-state index in [-0.39, 0.29) is 50.3 Å². The molecular formula is C60H32F9N3. The van der Waals surface area contributed by atoms with Gasteiger partial charge in [-0.3, -0.25) is 0 Å². The number of alkyl halides is 9. The van der Waals surface area contributed by atoms with E-state index >= 15 is 0 Å². The van der Waals surface area contributed by atoms with E-state index in [1.165, 1.54) is 36.4 Å². The second-order valence-electron chi connectivity index (χ2n) is 17.6. The molecule has 0 bridgehead atoms. The molecule has 0 aliphatic carbocycles. The zero-order valence-electron chi connectivity index (χ0n) is 37.2. The average molecular weight is 966 g/mol. The van der Waals surface area contributed by atoms with Gasteiger partial charge in [-0.1, -0.05) is 133 Å². The molecule has 0 saturated carbocycles. The summed E-state index contributed by atoms with van der Waals surface area (Å²) in [7, 11) is 0. The molecule has 0 unspecified atom stereocenters. The first-order valence-electron chi connectivity index (χ1n) is 22.6. The van der Waals surface area contributed by atoms with Crippen molar-refractivity contribution in [3.63, 3.8) is 0 Å². The van der Waals surface area contributed by atoms with Crippen molar-refractivity contribution >= 4 is 65.2 Å². The number of hydrogen-bond donors (Lipinski definition) is 0. The minimum Gasteiger partial charge on any atom is -0.308 e. The molecule has 0 aliphatic rings. The van der Waals surface area contributed by atoms with Crippen LogP contribution in [0, 0.1) is 11.3 Å². The third kappa shape index (κ3) is 6.90. The molecule has 0 radical (unpaired) electrons. The number of nitrogens with zero attached hydrogens (tertiary/aromatic N) is 3. The van der Waals surface area contributed by atoms with Crippen molar-refractivity contribution < 1.29 is 39.5 Å². The Morgan fingerprint density at radius 2 is 0.639 bits per heavy atom. The van der Waals surface area contributed by atoms with Crippen LogP contribution in [0.15, 0.2) is 194 Å². The molecule has 2 aromatic heterocycles. The molecule has 0 fully saturated rings. The number of halogens is 9. The van der Waals surface area contributed by atoms with Gasteiger partial charge in [-0.25, -0.2) is 0 Å². The van der Waals surface area contributed by atoms with Gasteiger partial charge in [-0.2, -0.15) is 44.8 Å². The van der Waals surface area contributed by atoms with Crippen LogP contribution in [-0.4, -0.2) is 9.13 Å². The molecule has 0 N–H and O–H groups in total. The molecule has 2 heterocycles. The van der Waals surface area contributed by atoms with Gasteiger partial charge in [-0.05, 0) is 98.9 Å². The lowest BCUT2D eigenvalue weighted by molar-refractivity contribution is -0.138. The predicted octanol–water partition coefficient (Wildman–Crippen LogP) is 18.1. The highest BCUT2D eigenvalue weighted by Crippen LogP contribution is 2.53. The maximum Gasteiger partial charge on any atom is 0.416 e. The van der Waals surface area contributed by atoms with E-state index in [0.717, 1.165) is 79.5 Å². The van der Waals surface area contributed by atoms with Crippen molar-refractivity contribution in [2.45, 2.75) is 18.5 Å². The van der Waals surface area contributed by atoms with Crippen molar-refractivity contribution in [3.05, 3.63) is 216 Å². The molecule has 0 saturated heterocycles. The van der Waals surface area contributed by atoms with Crippen molar-refractivity contribution in [3.8, 4) is 50.8 Å². The lowest BCUT2D eigenvalue weighted by atomic mass is 9.83. The highest BCUT2D eigenvalue weighted by Gasteiger charge is 2.36. The Labute approximate surface area is 403 Å². The van der Waals surface area contributed by atoms with Crippen LogP contribution in [0.25, 0.3) is 110 Å². The van der Waals surface area contributed by atoms with Gasteiger partial charge in [0, 0.05) is 38.2 Å². The van der Waals surface area contributed by atoms with Gasteiger partial charge < -0.3 is 9.13 Å². The Morgan fingerprint density at radius 3 is 0.986 bits per heavy atom. The summed E-state index contributed by atoms with van der Waals surface area (Å²) in [6.07, 6.45) is -14.3. The number of benzene rings is 10. The maximum absolute atomic E-state index is 14.6. The predicted molar refractivity (Wildman–Crippen MR) is 266 cm³/mol. The maximum atomic E-state index is 14.6. The van der Waals surface area contributed by atoms with E-state index < -0.39 is 35.2 Å². The first-order valence-corrected chi connectivity index (χ1v) is 22.6. The summed E-state index contributed by atoms with van der Waals surface area (Å²) >= 11 is 0. The van der Waals surface area contributed by atoms with E-state index in [9.17, 15) is 44.8 Å². The smallest absolute Gasteiger partial charge is 0.308 e. The molecule has 0 spiro atoms. The number of para-hydroxylation sites is 2. The zero-order valence-corrected chi connectivity index (χ0v) is 37.2. The minimum absolute atomic E-state index is 0.0850. The normalized spacial score (nSPS) is 12.5. The highest BCUT2D eigenvalue weighted by molar-refractivity contribution is 6.24. The van der Waals surface area contributed by atoms with E-state index in [2.05, 4.69) is 6.07 Å². The van der Waals surface area contributed by atoms with Gasteiger partial charge in [0.25, 0.3) is 0 Å². The first-order chi connectivity index (χ1) is 34.6. The second kappa shape index (κ2) is 16.1. The van der Waals surface area contributed by atoms with Crippen molar-refractivity contribution in [1.29, 1.82) is 5.26 Å². The minimum atomic E-state index is -4.76. The Balaban J connectivity index is 1.39. The third-order valence-corrected chi connectivity index (χ3v) is 13.6. The summed E-state index contributed by atoms with van der Waals surface area (Å²) in [5, 5.41) is 18.5.